The molecule has 0 saturated carbocycles. The lowest BCUT2D eigenvalue weighted by Gasteiger charge is -2.15. The van der Waals surface area contributed by atoms with E-state index in [4.69, 9.17) is 9.52 Å². The first kappa shape index (κ1) is 24.0. The van der Waals surface area contributed by atoms with Gasteiger partial charge in [-0.1, -0.05) is 29.8 Å². The maximum Gasteiger partial charge on any atom is 0.335 e. The molecule has 1 fully saturated rings. The lowest BCUT2D eigenvalue weighted by atomic mass is 10.1. The Kier molecular flexibility index (Phi) is 6.61. The van der Waals surface area contributed by atoms with E-state index in [1.165, 1.54) is 18.2 Å². The van der Waals surface area contributed by atoms with Crippen molar-refractivity contribution in [2.45, 2.75) is 20.8 Å². The van der Waals surface area contributed by atoms with Gasteiger partial charge >= 0.3 is 5.97 Å². The molecular weight excluding hydrogens is 468 g/mol. The Morgan fingerprint density at radius 1 is 1.06 bits per heavy atom. The van der Waals surface area contributed by atoms with E-state index in [1.807, 2.05) is 32.9 Å². The lowest BCUT2D eigenvalue weighted by molar-refractivity contribution is -0.127. The van der Waals surface area contributed by atoms with Crippen molar-refractivity contribution in [1.29, 1.82) is 0 Å². The average Bonchev–Trinajstić information content (AvgIpc) is 3.37. The third-order valence-electron chi connectivity index (χ3n) is 5.41. The molecule has 9 heteroatoms. The molecule has 1 aliphatic heterocycles. The minimum absolute atomic E-state index is 0.121. The molecule has 178 valence electrons. The average molecular weight is 491 g/mol. The number of imide groups is 1. The number of carboxylic acid groups (broad SMARTS) is 1. The molecule has 0 atom stereocenters. The molecule has 0 unspecified atom stereocenters. The highest BCUT2D eigenvalue weighted by Crippen LogP contribution is 2.33. The summed E-state index contributed by atoms with van der Waals surface area (Å²) in [5, 5.41) is 11.4. The maximum atomic E-state index is 12.8. The second-order valence-electron chi connectivity index (χ2n) is 8.18. The van der Waals surface area contributed by atoms with E-state index >= 15 is 0 Å². The molecule has 3 aromatic rings. The van der Waals surface area contributed by atoms with Gasteiger partial charge < -0.3 is 14.8 Å². The predicted octanol–water partition coefficient (Wildman–Crippen LogP) is 5.25. The number of benzene rings is 2. The predicted molar refractivity (Wildman–Crippen MR) is 133 cm³/mol. The molecular formula is C26H22N2O6S. The summed E-state index contributed by atoms with van der Waals surface area (Å²) in [7, 11) is 0. The molecule has 2 N–H and O–H groups in total. The fraction of sp³-hybridized carbons (Fsp3) is 0.154. The molecule has 2 heterocycles. The van der Waals surface area contributed by atoms with E-state index in [9.17, 15) is 19.2 Å². The minimum atomic E-state index is -1.05. The first-order chi connectivity index (χ1) is 16.6. The smallest absolute Gasteiger partial charge is 0.335 e. The molecule has 0 spiro atoms. The number of aromatic carboxylic acids is 1. The number of nitrogens with zero attached hydrogens (tertiary/aromatic N) is 1. The minimum Gasteiger partial charge on any atom is -0.478 e. The first-order valence-electron chi connectivity index (χ1n) is 10.7. The fourth-order valence-corrected chi connectivity index (χ4v) is 4.67. The van der Waals surface area contributed by atoms with Crippen LogP contribution in [0.4, 0.5) is 10.5 Å². The fourth-order valence-electron chi connectivity index (χ4n) is 3.86. The second-order valence-corrected chi connectivity index (χ2v) is 9.17. The van der Waals surface area contributed by atoms with Gasteiger partial charge in [0.2, 0.25) is 5.91 Å². The van der Waals surface area contributed by atoms with Crippen LogP contribution in [0.15, 0.2) is 57.9 Å². The normalized spacial score (nSPS) is 14.6. The van der Waals surface area contributed by atoms with E-state index in [0.717, 1.165) is 33.4 Å². The first-order valence-corrected chi connectivity index (χ1v) is 11.5. The zero-order valence-electron chi connectivity index (χ0n) is 19.2. The number of amides is 3. The number of nitrogens with one attached hydrogen (secondary N) is 1. The highest BCUT2D eigenvalue weighted by Gasteiger charge is 2.36. The summed E-state index contributed by atoms with van der Waals surface area (Å²) in [6, 6.07) is 13.4. The Hall–Kier alpha value is -4.11. The van der Waals surface area contributed by atoms with Crippen LogP contribution in [-0.4, -0.2) is 39.6 Å². The van der Waals surface area contributed by atoms with E-state index in [2.05, 4.69) is 5.32 Å². The van der Waals surface area contributed by atoms with Gasteiger partial charge in [0.05, 0.1) is 10.5 Å². The zero-order chi connectivity index (χ0) is 25.3. The molecule has 8 nitrogen and oxygen atoms in total. The highest BCUT2D eigenvalue weighted by atomic mass is 32.2. The van der Waals surface area contributed by atoms with Crippen LogP contribution in [0.25, 0.3) is 17.4 Å². The third kappa shape index (κ3) is 5.20. The summed E-state index contributed by atoms with van der Waals surface area (Å²) in [6.07, 6.45) is 1.43. The molecule has 1 saturated heterocycles. The standard InChI is InChI=1S/C26H22N2O6S/c1-14-9-15(2)23(16(3)10-14)27-22(29)13-28-24(30)21(35-26(28)33)12-19-7-8-20(34-19)17-5-4-6-18(11-17)25(31)32/h4-12H,13H2,1-3H3,(H,27,29)(H,31,32)/b21-12+. The van der Waals surface area contributed by atoms with Crippen molar-refractivity contribution in [1.82, 2.24) is 4.90 Å². The van der Waals surface area contributed by atoms with Crippen LogP contribution < -0.4 is 5.32 Å². The van der Waals surface area contributed by atoms with Crippen molar-refractivity contribution in [2.75, 3.05) is 11.9 Å². The van der Waals surface area contributed by atoms with Crippen LogP contribution in [0, 0.1) is 20.8 Å². The highest BCUT2D eigenvalue weighted by molar-refractivity contribution is 8.18. The van der Waals surface area contributed by atoms with Crippen molar-refractivity contribution < 1.29 is 28.7 Å². The monoisotopic (exact) mass is 490 g/mol. The summed E-state index contributed by atoms with van der Waals surface area (Å²) in [5.41, 5.74) is 4.22. The van der Waals surface area contributed by atoms with Gasteiger partial charge in [-0.15, -0.1) is 0 Å². The number of aryl methyl sites for hydroxylation is 3. The Labute approximate surface area is 205 Å². The van der Waals surface area contributed by atoms with Gasteiger partial charge in [0, 0.05) is 17.3 Å². The van der Waals surface area contributed by atoms with Crippen molar-refractivity contribution in [2.24, 2.45) is 0 Å². The molecule has 0 bridgehead atoms. The van der Waals surface area contributed by atoms with Gasteiger partial charge in [-0.3, -0.25) is 19.3 Å². The van der Waals surface area contributed by atoms with Crippen molar-refractivity contribution in [3.63, 3.8) is 0 Å². The Morgan fingerprint density at radius 3 is 2.46 bits per heavy atom. The molecule has 4 rings (SSSR count). The van der Waals surface area contributed by atoms with Gasteiger partial charge in [0.1, 0.15) is 18.1 Å². The van der Waals surface area contributed by atoms with Gasteiger partial charge in [0.15, 0.2) is 0 Å². The summed E-state index contributed by atoms with van der Waals surface area (Å²) in [6.45, 7) is 5.33. The largest absolute Gasteiger partial charge is 0.478 e. The number of rotatable bonds is 6. The van der Waals surface area contributed by atoms with Crippen molar-refractivity contribution in [3.05, 3.63) is 81.5 Å². The molecule has 0 radical (unpaired) electrons. The molecule has 35 heavy (non-hydrogen) atoms. The van der Waals surface area contributed by atoms with Gasteiger partial charge in [0.25, 0.3) is 11.1 Å². The number of hydrogen-bond acceptors (Lipinski definition) is 6. The van der Waals surface area contributed by atoms with E-state index in [1.54, 1.807) is 24.3 Å². The topological polar surface area (TPSA) is 117 Å². The van der Waals surface area contributed by atoms with E-state index in [0.29, 0.717) is 22.8 Å². The van der Waals surface area contributed by atoms with Gasteiger partial charge in [-0.05, 0) is 67.9 Å². The van der Waals surface area contributed by atoms with E-state index < -0.39 is 29.6 Å². The lowest BCUT2D eigenvalue weighted by Crippen LogP contribution is -2.36. The molecule has 2 aromatic carbocycles. The van der Waals surface area contributed by atoms with Crippen molar-refractivity contribution in [3.8, 4) is 11.3 Å². The van der Waals surface area contributed by atoms with Crippen LogP contribution in [0.2, 0.25) is 0 Å². The Bertz CT molecular complexity index is 1380. The number of thioether (sulfide) groups is 1. The quantitative estimate of drug-likeness (QED) is 0.454. The van der Waals surface area contributed by atoms with Crippen LogP contribution in [0.5, 0.6) is 0 Å². The maximum absolute atomic E-state index is 12.8. The van der Waals surface area contributed by atoms with Gasteiger partial charge in [-0.2, -0.15) is 0 Å². The SMILES string of the molecule is Cc1cc(C)c(NC(=O)CN2C(=O)S/C(=C/c3ccc(-c4cccc(C(=O)O)c4)o3)C2=O)c(C)c1. The number of furan rings is 1. The molecule has 1 aliphatic rings. The van der Waals surface area contributed by atoms with Crippen LogP contribution in [0.1, 0.15) is 32.8 Å². The molecule has 0 aliphatic carbocycles. The number of carboxylic acids is 1. The second kappa shape index (κ2) is 9.63. The van der Waals surface area contributed by atoms with Crippen LogP contribution in [-0.2, 0) is 9.59 Å². The third-order valence-corrected chi connectivity index (χ3v) is 6.32. The Balaban J connectivity index is 1.47. The number of carbonyl (C=O) groups excluding carboxylic acids is 3. The summed E-state index contributed by atoms with van der Waals surface area (Å²) in [5.74, 6) is -1.37. The molecule has 1 aromatic heterocycles. The van der Waals surface area contributed by atoms with Crippen molar-refractivity contribution >= 4 is 46.5 Å². The number of hydrogen-bond donors (Lipinski definition) is 2. The zero-order valence-corrected chi connectivity index (χ0v) is 20.1. The van der Waals surface area contributed by atoms with E-state index in [-0.39, 0.29) is 10.5 Å². The van der Waals surface area contributed by atoms with Crippen LogP contribution in [0.3, 0.4) is 0 Å². The molecule has 3 amide bonds. The van der Waals surface area contributed by atoms with Gasteiger partial charge in [-0.25, -0.2) is 4.79 Å². The Morgan fingerprint density at radius 2 is 1.77 bits per heavy atom. The summed E-state index contributed by atoms with van der Waals surface area (Å²) >= 11 is 0.725. The summed E-state index contributed by atoms with van der Waals surface area (Å²) < 4.78 is 5.74. The summed E-state index contributed by atoms with van der Waals surface area (Å²) in [4.78, 5) is 50.1. The number of carbonyl (C=O) groups is 4. The number of anilines is 1. The van der Waals surface area contributed by atoms with Crippen LogP contribution >= 0.6 is 11.8 Å².